The highest BCUT2D eigenvalue weighted by molar-refractivity contribution is 5.53. The van der Waals surface area contributed by atoms with Gasteiger partial charge >= 0.3 is 0 Å². The molecule has 0 aliphatic heterocycles. The molecular weight excluding hydrogens is 220 g/mol. The van der Waals surface area contributed by atoms with Crippen LogP contribution in [0.25, 0.3) is 0 Å². The molecule has 0 aromatic carbocycles. The van der Waals surface area contributed by atoms with Gasteiger partial charge in [-0.2, -0.15) is 4.98 Å². The van der Waals surface area contributed by atoms with E-state index in [0.29, 0.717) is 23.9 Å². The Labute approximate surface area is 98.8 Å². The summed E-state index contributed by atoms with van der Waals surface area (Å²) in [6.07, 6.45) is 0. The van der Waals surface area contributed by atoms with E-state index in [4.69, 9.17) is 15.0 Å². The van der Waals surface area contributed by atoms with Gasteiger partial charge in [-0.05, 0) is 19.1 Å². The Hall–Kier alpha value is -2.24. The SMILES string of the molecule is COc1nc(NCc2cc(C)no2)ccc1N. The minimum atomic E-state index is 0.406. The third-order valence-electron chi connectivity index (χ3n) is 2.20. The lowest BCUT2D eigenvalue weighted by Gasteiger charge is -2.07. The van der Waals surface area contributed by atoms with E-state index in [9.17, 15) is 0 Å². The first-order chi connectivity index (χ1) is 8.19. The second-order valence-corrected chi connectivity index (χ2v) is 3.58. The number of ether oxygens (including phenoxy) is 1. The third kappa shape index (κ3) is 2.66. The van der Waals surface area contributed by atoms with Crippen molar-refractivity contribution in [1.29, 1.82) is 0 Å². The smallest absolute Gasteiger partial charge is 0.238 e. The van der Waals surface area contributed by atoms with Gasteiger partial charge in [-0.15, -0.1) is 0 Å². The number of aryl methyl sites for hydroxylation is 1. The van der Waals surface area contributed by atoms with Gasteiger partial charge in [0.2, 0.25) is 5.88 Å². The molecule has 0 aliphatic carbocycles. The molecule has 0 bridgehead atoms. The van der Waals surface area contributed by atoms with Crippen LogP contribution in [0.15, 0.2) is 22.7 Å². The molecule has 6 heteroatoms. The summed E-state index contributed by atoms with van der Waals surface area (Å²) in [6.45, 7) is 2.39. The van der Waals surface area contributed by atoms with Crippen LogP contribution in [-0.2, 0) is 6.54 Å². The molecule has 2 rings (SSSR count). The fourth-order valence-corrected chi connectivity index (χ4v) is 1.39. The number of hydrogen-bond donors (Lipinski definition) is 2. The molecule has 0 atom stereocenters. The van der Waals surface area contributed by atoms with E-state index in [1.807, 2.05) is 13.0 Å². The van der Waals surface area contributed by atoms with Gasteiger partial charge in [0.15, 0.2) is 5.76 Å². The topological polar surface area (TPSA) is 86.2 Å². The Bertz CT molecular complexity index is 510. The summed E-state index contributed by atoms with van der Waals surface area (Å²) in [6, 6.07) is 5.38. The maximum Gasteiger partial charge on any atom is 0.238 e. The first-order valence-electron chi connectivity index (χ1n) is 5.15. The lowest BCUT2D eigenvalue weighted by molar-refractivity contribution is 0.383. The first kappa shape index (κ1) is 11.3. The summed E-state index contributed by atoms with van der Waals surface area (Å²) in [5.41, 5.74) is 7.03. The molecule has 3 N–H and O–H groups in total. The van der Waals surface area contributed by atoms with Gasteiger partial charge in [0, 0.05) is 6.07 Å². The molecule has 0 fully saturated rings. The van der Waals surface area contributed by atoms with Gasteiger partial charge in [-0.1, -0.05) is 5.16 Å². The predicted molar refractivity (Wildman–Crippen MR) is 63.8 cm³/mol. The highest BCUT2D eigenvalue weighted by atomic mass is 16.5. The fourth-order valence-electron chi connectivity index (χ4n) is 1.39. The summed E-state index contributed by atoms with van der Waals surface area (Å²) in [5.74, 6) is 1.83. The molecular formula is C11H14N4O2. The highest BCUT2D eigenvalue weighted by Gasteiger charge is 2.04. The number of methoxy groups -OCH3 is 1. The summed E-state index contributed by atoms with van der Waals surface area (Å²) < 4.78 is 10.1. The molecule has 17 heavy (non-hydrogen) atoms. The lowest BCUT2D eigenvalue weighted by Crippen LogP contribution is -2.03. The normalized spacial score (nSPS) is 10.2. The first-order valence-corrected chi connectivity index (χ1v) is 5.15. The van der Waals surface area contributed by atoms with Crippen molar-refractivity contribution in [1.82, 2.24) is 10.1 Å². The zero-order valence-electron chi connectivity index (χ0n) is 9.73. The van der Waals surface area contributed by atoms with Crippen molar-refractivity contribution < 1.29 is 9.26 Å². The van der Waals surface area contributed by atoms with E-state index in [1.165, 1.54) is 7.11 Å². The van der Waals surface area contributed by atoms with Gasteiger partial charge in [-0.25, -0.2) is 0 Å². The van der Waals surface area contributed by atoms with Crippen molar-refractivity contribution in [2.45, 2.75) is 13.5 Å². The lowest BCUT2D eigenvalue weighted by atomic mass is 10.3. The summed E-state index contributed by atoms with van der Waals surface area (Å²) in [4.78, 5) is 4.19. The van der Waals surface area contributed by atoms with Crippen LogP contribution in [0.4, 0.5) is 11.5 Å². The Kier molecular flexibility index (Phi) is 3.13. The van der Waals surface area contributed by atoms with Crippen LogP contribution in [0.3, 0.4) is 0 Å². The molecule has 0 unspecified atom stereocenters. The fraction of sp³-hybridized carbons (Fsp3) is 0.273. The van der Waals surface area contributed by atoms with Crippen LogP contribution in [0.2, 0.25) is 0 Å². The second kappa shape index (κ2) is 4.73. The van der Waals surface area contributed by atoms with Gasteiger partial charge in [0.25, 0.3) is 0 Å². The monoisotopic (exact) mass is 234 g/mol. The van der Waals surface area contributed by atoms with Gasteiger partial charge < -0.3 is 20.3 Å². The quantitative estimate of drug-likeness (QED) is 0.835. The van der Waals surface area contributed by atoms with Crippen LogP contribution < -0.4 is 15.8 Å². The molecule has 0 saturated carbocycles. The Balaban J connectivity index is 2.04. The number of nitrogen functional groups attached to an aromatic ring is 1. The Morgan fingerprint density at radius 3 is 2.94 bits per heavy atom. The summed E-state index contributed by atoms with van der Waals surface area (Å²) in [5, 5.41) is 6.89. The number of pyridine rings is 1. The van der Waals surface area contributed by atoms with E-state index < -0.39 is 0 Å². The Morgan fingerprint density at radius 1 is 1.47 bits per heavy atom. The number of hydrogen-bond acceptors (Lipinski definition) is 6. The zero-order valence-corrected chi connectivity index (χ0v) is 9.73. The molecule has 90 valence electrons. The minimum absolute atomic E-state index is 0.406. The van der Waals surface area contributed by atoms with Crippen LogP contribution >= 0.6 is 0 Å². The molecule has 0 radical (unpaired) electrons. The van der Waals surface area contributed by atoms with Crippen LogP contribution in [0.5, 0.6) is 5.88 Å². The van der Waals surface area contributed by atoms with E-state index >= 15 is 0 Å². The number of nitrogens with zero attached hydrogens (tertiary/aromatic N) is 2. The predicted octanol–water partition coefficient (Wildman–Crippen LogP) is 1.58. The molecule has 2 heterocycles. The highest BCUT2D eigenvalue weighted by Crippen LogP contribution is 2.20. The average molecular weight is 234 g/mol. The molecule has 0 saturated heterocycles. The van der Waals surface area contributed by atoms with Crippen molar-refractivity contribution >= 4 is 11.5 Å². The molecule has 2 aromatic heterocycles. The number of nitrogens with two attached hydrogens (primary N) is 1. The zero-order chi connectivity index (χ0) is 12.3. The van der Waals surface area contributed by atoms with Gasteiger partial charge in [-0.3, -0.25) is 0 Å². The summed E-state index contributed by atoms with van der Waals surface area (Å²) >= 11 is 0. The van der Waals surface area contributed by atoms with E-state index in [-0.39, 0.29) is 0 Å². The standard InChI is InChI=1S/C11H14N4O2/c1-7-5-8(17-15-7)6-13-10-4-3-9(12)11(14-10)16-2/h3-5H,6,12H2,1-2H3,(H,13,14). The van der Waals surface area contributed by atoms with Crippen molar-refractivity contribution in [3.63, 3.8) is 0 Å². The van der Waals surface area contributed by atoms with Crippen molar-refractivity contribution in [2.24, 2.45) is 0 Å². The number of aromatic nitrogens is 2. The number of rotatable bonds is 4. The number of anilines is 2. The third-order valence-corrected chi connectivity index (χ3v) is 2.20. The average Bonchev–Trinajstić information content (AvgIpc) is 2.74. The van der Waals surface area contributed by atoms with Crippen molar-refractivity contribution in [2.75, 3.05) is 18.2 Å². The van der Waals surface area contributed by atoms with Crippen molar-refractivity contribution in [3.8, 4) is 5.88 Å². The van der Waals surface area contributed by atoms with Gasteiger partial charge in [0.05, 0.1) is 25.0 Å². The van der Waals surface area contributed by atoms with Crippen LogP contribution in [-0.4, -0.2) is 17.3 Å². The second-order valence-electron chi connectivity index (χ2n) is 3.58. The van der Waals surface area contributed by atoms with Gasteiger partial charge in [0.1, 0.15) is 5.82 Å². The van der Waals surface area contributed by atoms with E-state index in [2.05, 4.69) is 15.5 Å². The van der Waals surface area contributed by atoms with Crippen LogP contribution in [0, 0.1) is 6.92 Å². The molecule has 6 nitrogen and oxygen atoms in total. The van der Waals surface area contributed by atoms with Crippen LogP contribution in [0.1, 0.15) is 11.5 Å². The van der Waals surface area contributed by atoms with E-state index in [1.54, 1.807) is 12.1 Å². The minimum Gasteiger partial charge on any atom is -0.479 e. The maximum absolute atomic E-state index is 5.67. The number of nitrogens with one attached hydrogen (secondary N) is 1. The molecule has 0 aliphatic rings. The Morgan fingerprint density at radius 2 is 2.29 bits per heavy atom. The summed E-state index contributed by atoms with van der Waals surface area (Å²) in [7, 11) is 1.53. The maximum atomic E-state index is 5.67. The largest absolute Gasteiger partial charge is 0.479 e. The molecule has 0 amide bonds. The molecule has 0 spiro atoms. The molecule has 2 aromatic rings. The van der Waals surface area contributed by atoms with E-state index in [0.717, 1.165) is 11.5 Å². The van der Waals surface area contributed by atoms with Crippen molar-refractivity contribution in [3.05, 3.63) is 29.7 Å².